The van der Waals surface area contributed by atoms with Crippen LogP contribution in [0.15, 0.2) is 18.5 Å². The minimum atomic E-state index is -1.09. The van der Waals surface area contributed by atoms with Gasteiger partial charge in [-0.25, -0.2) is 9.97 Å². The van der Waals surface area contributed by atoms with Crippen molar-refractivity contribution in [2.75, 3.05) is 5.32 Å². The number of carbonyl (C=O) groups is 2. The Morgan fingerprint density at radius 1 is 1.33 bits per heavy atom. The van der Waals surface area contributed by atoms with Crippen molar-refractivity contribution in [2.24, 2.45) is 0 Å². The smallest absolute Gasteiger partial charge is 0.287 e. The molecular weight excluding hydrogens is 182 g/mol. The van der Waals surface area contributed by atoms with Crippen LogP contribution in [0.3, 0.4) is 0 Å². The molecule has 12 heavy (non-hydrogen) atoms. The Morgan fingerprint density at radius 2 is 1.92 bits per heavy atom. The van der Waals surface area contributed by atoms with Gasteiger partial charge < -0.3 is 0 Å². The first-order chi connectivity index (χ1) is 5.70. The minimum Gasteiger partial charge on any atom is -0.287 e. The van der Waals surface area contributed by atoms with Crippen LogP contribution in [0.25, 0.3) is 0 Å². The van der Waals surface area contributed by atoms with Crippen molar-refractivity contribution < 1.29 is 9.59 Å². The lowest BCUT2D eigenvalue weighted by molar-refractivity contribution is -0.130. The topological polar surface area (TPSA) is 72.0 Å². The molecule has 0 bridgehead atoms. The van der Waals surface area contributed by atoms with E-state index in [0.29, 0.717) is 0 Å². The molecule has 1 N–H and O–H groups in total. The molecule has 1 amide bonds. The van der Waals surface area contributed by atoms with Crippen LogP contribution in [0.4, 0.5) is 5.95 Å². The predicted octanol–water partition coefficient (Wildman–Crippen LogP) is 0.180. The summed E-state index contributed by atoms with van der Waals surface area (Å²) in [6, 6.07) is 1.58. The molecule has 0 atom stereocenters. The standard InChI is InChI=1S/C6H4ClN3O2/c7-4(11)5(12)10-6-8-2-1-3-9-6/h1-3H,(H,8,9,10,12). The molecule has 0 spiro atoms. The molecule has 6 heteroatoms. The lowest BCUT2D eigenvalue weighted by atomic mass is 10.6. The minimum absolute atomic E-state index is 0.0523. The first-order valence-electron chi connectivity index (χ1n) is 2.98. The van der Waals surface area contributed by atoms with Crippen molar-refractivity contribution in [2.45, 2.75) is 0 Å². The zero-order valence-corrected chi connectivity index (χ0v) is 6.58. The number of carbonyl (C=O) groups excluding carboxylic acids is 2. The van der Waals surface area contributed by atoms with Crippen LogP contribution in [-0.2, 0) is 9.59 Å². The van der Waals surface area contributed by atoms with Crippen molar-refractivity contribution in [3.05, 3.63) is 18.5 Å². The summed E-state index contributed by atoms with van der Waals surface area (Å²) in [5, 5.41) is 1.00. The molecule has 1 aromatic rings. The van der Waals surface area contributed by atoms with E-state index in [0.717, 1.165) is 0 Å². The molecule has 1 aromatic heterocycles. The summed E-state index contributed by atoms with van der Waals surface area (Å²) in [7, 11) is 0. The van der Waals surface area contributed by atoms with Crippen LogP contribution in [-0.4, -0.2) is 21.1 Å². The summed E-state index contributed by atoms with van der Waals surface area (Å²) in [6.45, 7) is 0. The Morgan fingerprint density at radius 3 is 2.42 bits per heavy atom. The fraction of sp³-hybridized carbons (Fsp3) is 0. The van der Waals surface area contributed by atoms with Gasteiger partial charge in [-0.05, 0) is 17.7 Å². The number of hydrogen-bond acceptors (Lipinski definition) is 4. The summed E-state index contributed by atoms with van der Waals surface area (Å²) in [4.78, 5) is 28.2. The van der Waals surface area contributed by atoms with Crippen molar-refractivity contribution in [1.82, 2.24) is 9.97 Å². The van der Waals surface area contributed by atoms with Gasteiger partial charge in [-0.15, -0.1) is 0 Å². The van der Waals surface area contributed by atoms with E-state index in [2.05, 4.69) is 15.3 Å². The Kier molecular flexibility index (Phi) is 2.71. The van der Waals surface area contributed by atoms with E-state index in [-0.39, 0.29) is 5.95 Å². The maximum absolute atomic E-state index is 10.6. The fourth-order valence-electron chi connectivity index (χ4n) is 0.514. The van der Waals surface area contributed by atoms with Gasteiger partial charge >= 0.3 is 11.1 Å². The third-order valence-electron chi connectivity index (χ3n) is 0.970. The van der Waals surface area contributed by atoms with Gasteiger partial charge in [-0.2, -0.15) is 0 Å². The quantitative estimate of drug-likeness (QED) is 0.527. The highest BCUT2D eigenvalue weighted by molar-refractivity contribution is 6.82. The normalized spacial score (nSPS) is 9.08. The second-order valence-corrected chi connectivity index (χ2v) is 2.14. The lowest BCUT2D eigenvalue weighted by Gasteiger charge is -1.96. The Hall–Kier alpha value is -1.49. The van der Waals surface area contributed by atoms with Crippen LogP contribution in [0.5, 0.6) is 0 Å². The van der Waals surface area contributed by atoms with E-state index in [4.69, 9.17) is 11.6 Å². The van der Waals surface area contributed by atoms with Gasteiger partial charge in [-0.3, -0.25) is 14.9 Å². The summed E-state index contributed by atoms with van der Waals surface area (Å²) in [5.41, 5.74) is 0. The second kappa shape index (κ2) is 3.77. The maximum atomic E-state index is 10.6. The van der Waals surface area contributed by atoms with Crippen LogP contribution in [0, 0.1) is 0 Å². The fourth-order valence-corrected chi connectivity index (χ4v) is 0.562. The third-order valence-corrected chi connectivity index (χ3v) is 1.14. The van der Waals surface area contributed by atoms with E-state index in [9.17, 15) is 9.59 Å². The van der Waals surface area contributed by atoms with Crippen LogP contribution in [0.2, 0.25) is 0 Å². The SMILES string of the molecule is O=C(Cl)C(=O)Nc1ncccn1. The van der Waals surface area contributed by atoms with Crippen molar-refractivity contribution >= 4 is 28.7 Å². The Balaban J connectivity index is 2.65. The number of aromatic nitrogens is 2. The Bertz CT molecular complexity index is 301. The monoisotopic (exact) mass is 185 g/mol. The van der Waals surface area contributed by atoms with Gasteiger partial charge in [0.15, 0.2) is 0 Å². The van der Waals surface area contributed by atoms with Gasteiger partial charge in [-0.1, -0.05) is 0 Å². The third kappa shape index (κ3) is 2.28. The largest absolute Gasteiger partial charge is 0.310 e. The van der Waals surface area contributed by atoms with E-state index < -0.39 is 11.1 Å². The van der Waals surface area contributed by atoms with E-state index in [1.807, 2.05) is 0 Å². The number of rotatable bonds is 2. The molecule has 1 heterocycles. The number of nitrogens with one attached hydrogen (secondary N) is 1. The van der Waals surface area contributed by atoms with E-state index >= 15 is 0 Å². The molecule has 5 nitrogen and oxygen atoms in total. The molecule has 0 aliphatic heterocycles. The molecule has 0 saturated carbocycles. The second-order valence-electron chi connectivity index (χ2n) is 1.80. The van der Waals surface area contributed by atoms with Gasteiger partial charge in [0.05, 0.1) is 0 Å². The average molecular weight is 186 g/mol. The summed E-state index contributed by atoms with van der Waals surface area (Å²) < 4.78 is 0. The summed E-state index contributed by atoms with van der Waals surface area (Å²) in [5.74, 6) is -0.889. The number of halogens is 1. The highest BCUT2D eigenvalue weighted by Gasteiger charge is 2.10. The number of nitrogens with zero attached hydrogens (tertiary/aromatic N) is 2. The first-order valence-corrected chi connectivity index (χ1v) is 3.36. The van der Waals surface area contributed by atoms with Crippen molar-refractivity contribution in [3.63, 3.8) is 0 Å². The number of anilines is 1. The molecular formula is C6H4ClN3O2. The van der Waals surface area contributed by atoms with Crippen LogP contribution >= 0.6 is 11.6 Å². The van der Waals surface area contributed by atoms with Gasteiger partial charge in [0.25, 0.3) is 0 Å². The highest BCUT2D eigenvalue weighted by Crippen LogP contribution is 1.94. The van der Waals surface area contributed by atoms with Crippen LogP contribution < -0.4 is 5.32 Å². The number of hydrogen-bond donors (Lipinski definition) is 1. The molecule has 0 aliphatic carbocycles. The molecule has 62 valence electrons. The molecule has 0 fully saturated rings. The average Bonchev–Trinajstić information content (AvgIpc) is 2.06. The van der Waals surface area contributed by atoms with E-state index in [1.54, 1.807) is 6.07 Å². The predicted molar refractivity (Wildman–Crippen MR) is 41.5 cm³/mol. The zero-order chi connectivity index (χ0) is 8.97. The summed E-state index contributed by atoms with van der Waals surface area (Å²) >= 11 is 4.87. The molecule has 0 unspecified atom stereocenters. The molecule has 0 aromatic carbocycles. The van der Waals surface area contributed by atoms with Gasteiger partial charge in [0.1, 0.15) is 0 Å². The molecule has 0 radical (unpaired) electrons. The van der Waals surface area contributed by atoms with Crippen molar-refractivity contribution in [3.8, 4) is 0 Å². The summed E-state index contributed by atoms with van der Waals surface area (Å²) in [6.07, 6.45) is 2.86. The highest BCUT2D eigenvalue weighted by atomic mass is 35.5. The van der Waals surface area contributed by atoms with Gasteiger partial charge in [0, 0.05) is 12.4 Å². The number of amides is 1. The molecule has 0 saturated heterocycles. The van der Waals surface area contributed by atoms with Gasteiger partial charge in [0.2, 0.25) is 5.95 Å². The zero-order valence-electron chi connectivity index (χ0n) is 5.82. The molecule has 1 rings (SSSR count). The van der Waals surface area contributed by atoms with E-state index in [1.165, 1.54) is 12.4 Å². The van der Waals surface area contributed by atoms with Crippen molar-refractivity contribution in [1.29, 1.82) is 0 Å². The maximum Gasteiger partial charge on any atom is 0.310 e. The Labute approximate surface area is 72.8 Å². The van der Waals surface area contributed by atoms with Crippen LogP contribution in [0.1, 0.15) is 0 Å². The molecule has 0 aliphatic rings. The first kappa shape index (κ1) is 8.61. The lowest BCUT2D eigenvalue weighted by Crippen LogP contribution is -2.19.